The van der Waals surface area contributed by atoms with Gasteiger partial charge in [-0.15, -0.1) is 0 Å². The predicted octanol–water partition coefficient (Wildman–Crippen LogP) is 2.17. The minimum Gasteiger partial charge on any atom is -0.389 e. The van der Waals surface area contributed by atoms with Gasteiger partial charge in [0.25, 0.3) is 0 Å². The molecule has 0 aromatic rings. The van der Waals surface area contributed by atoms with Crippen molar-refractivity contribution < 1.29 is 5.11 Å². The second-order valence-corrected chi connectivity index (χ2v) is 6.12. The lowest BCUT2D eigenvalue weighted by atomic mass is 9.95. The first-order valence-corrected chi connectivity index (χ1v) is 6.44. The molecule has 2 fully saturated rings. The van der Waals surface area contributed by atoms with Gasteiger partial charge in [0.15, 0.2) is 0 Å². The number of rotatable bonds is 6. The summed E-state index contributed by atoms with van der Waals surface area (Å²) in [6, 6.07) is 0.192. The lowest BCUT2D eigenvalue weighted by Gasteiger charge is -2.29. The van der Waals surface area contributed by atoms with E-state index < -0.39 is 5.60 Å². The lowest BCUT2D eigenvalue weighted by molar-refractivity contribution is 0.0420. The van der Waals surface area contributed by atoms with Crippen LogP contribution in [0.25, 0.3) is 0 Å². The summed E-state index contributed by atoms with van der Waals surface area (Å²) in [5.74, 6) is 2.90. The van der Waals surface area contributed by atoms with Crippen LogP contribution >= 0.6 is 0 Å². The van der Waals surface area contributed by atoms with Crippen molar-refractivity contribution in [2.75, 3.05) is 6.54 Å². The Kier molecular flexibility index (Phi) is 3.09. The molecule has 0 bridgehead atoms. The minimum atomic E-state index is -0.600. The molecule has 0 aliphatic heterocycles. The first-order chi connectivity index (χ1) is 6.98. The fourth-order valence-electron chi connectivity index (χ4n) is 2.33. The summed E-state index contributed by atoms with van der Waals surface area (Å²) in [6.07, 6.45) is 5.78. The highest BCUT2D eigenvalue weighted by molar-refractivity contribution is 4.93. The van der Waals surface area contributed by atoms with Gasteiger partial charge in [-0.2, -0.15) is 0 Å². The van der Waals surface area contributed by atoms with E-state index in [1.54, 1.807) is 0 Å². The van der Waals surface area contributed by atoms with Gasteiger partial charge in [0, 0.05) is 6.04 Å². The van der Waals surface area contributed by atoms with Gasteiger partial charge in [0.2, 0.25) is 0 Å². The molecule has 2 saturated carbocycles. The summed E-state index contributed by atoms with van der Waals surface area (Å²) in [4.78, 5) is 0. The van der Waals surface area contributed by atoms with Crippen LogP contribution in [0.5, 0.6) is 0 Å². The number of aliphatic hydroxyl groups is 1. The number of nitrogens with one attached hydrogen (secondary N) is 1. The largest absolute Gasteiger partial charge is 0.389 e. The van der Waals surface area contributed by atoms with Crippen molar-refractivity contribution in [3.05, 3.63) is 0 Å². The molecule has 0 spiro atoms. The zero-order chi connectivity index (χ0) is 11.1. The zero-order valence-electron chi connectivity index (χ0n) is 10.3. The maximum Gasteiger partial charge on any atom is 0.0741 e. The summed E-state index contributed by atoms with van der Waals surface area (Å²) < 4.78 is 0. The van der Waals surface area contributed by atoms with E-state index in [1.807, 2.05) is 13.8 Å². The molecule has 0 heterocycles. The fourth-order valence-corrected chi connectivity index (χ4v) is 2.33. The summed E-state index contributed by atoms with van der Waals surface area (Å²) >= 11 is 0. The van der Waals surface area contributed by atoms with Crippen LogP contribution in [-0.2, 0) is 0 Å². The van der Waals surface area contributed by atoms with Crippen LogP contribution in [0.2, 0.25) is 0 Å². The molecule has 2 N–H and O–H groups in total. The third kappa shape index (κ3) is 3.18. The summed E-state index contributed by atoms with van der Waals surface area (Å²) in [5.41, 5.74) is -0.600. The standard InChI is InChI=1S/C13H25NO/c1-9(13(2,3)15)14-8-12(10-4-5-10)11-6-7-11/h9-12,14-15H,4-8H2,1-3H3. The Hall–Kier alpha value is -0.0800. The van der Waals surface area contributed by atoms with E-state index in [1.165, 1.54) is 25.7 Å². The third-order valence-electron chi connectivity index (χ3n) is 4.17. The van der Waals surface area contributed by atoms with Crippen LogP contribution < -0.4 is 5.32 Å². The Labute approximate surface area is 93.5 Å². The van der Waals surface area contributed by atoms with Crippen LogP contribution in [0.15, 0.2) is 0 Å². The van der Waals surface area contributed by atoms with Crippen LogP contribution in [0.4, 0.5) is 0 Å². The van der Waals surface area contributed by atoms with Gasteiger partial charge in [-0.3, -0.25) is 0 Å². The third-order valence-corrected chi connectivity index (χ3v) is 4.17. The molecular formula is C13H25NO. The molecule has 2 aliphatic rings. The van der Waals surface area contributed by atoms with Gasteiger partial charge in [-0.05, 0) is 70.8 Å². The summed E-state index contributed by atoms with van der Waals surface area (Å²) in [6.45, 7) is 6.96. The summed E-state index contributed by atoms with van der Waals surface area (Å²) in [7, 11) is 0. The zero-order valence-corrected chi connectivity index (χ0v) is 10.3. The number of hydrogen-bond donors (Lipinski definition) is 2. The molecule has 88 valence electrons. The van der Waals surface area contributed by atoms with E-state index in [9.17, 15) is 5.11 Å². The van der Waals surface area contributed by atoms with Crippen molar-refractivity contribution in [3.8, 4) is 0 Å². The molecule has 0 amide bonds. The average molecular weight is 211 g/mol. The molecule has 2 aliphatic carbocycles. The second-order valence-electron chi connectivity index (χ2n) is 6.12. The van der Waals surface area contributed by atoms with E-state index >= 15 is 0 Å². The Balaban J connectivity index is 1.75. The van der Waals surface area contributed by atoms with Crippen LogP contribution in [0, 0.1) is 17.8 Å². The predicted molar refractivity (Wildman–Crippen MR) is 62.7 cm³/mol. The molecule has 15 heavy (non-hydrogen) atoms. The first kappa shape index (κ1) is 11.4. The highest BCUT2D eigenvalue weighted by atomic mass is 16.3. The SMILES string of the molecule is CC(NCC(C1CC1)C1CC1)C(C)(C)O. The molecule has 0 saturated heterocycles. The van der Waals surface area contributed by atoms with E-state index in [0.717, 1.165) is 24.3 Å². The van der Waals surface area contributed by atoms with Crippen LogP contribution in [-0.4, -0.2) is 23.3 Å². The highest BCUT2D eigenvalue weighted by Crippen LogP contribution is 2.48. The van der Waals surface area contributed by atoms with Crippen LogP contribution in [0.1, 0.15) is 46.5 Å². The lowest BCUT2D eigenvalue weighted by Crippen LogP contribution is -2.46. The van der Waals surface area contributed by atoms with Gasteiger partial charge in [0.1, 0.15) is 0 Å². The second kappa shape index (κ2) is 4.06. The normalized spacial score (nSPS) is 24.6. The quantitative estimate of drug-likeness (QED) is 0.706. The van der Waals surface area contributed by atoms with E-state index in [0.29, 0.717) is 0 Å². The molecule has 0 radical (unpaired) electrons. The molecule has 2 nitrogen and oxygen atoms in total. The van der Waals surface area contributed by atoms with E-state index in [4.69, 9.17) is 0 Å². The Morgan fingerprint density at radius 1 is 1.20 bits per heavy atom. The maximum atomic E-state index is 9.85. The van der Waals surface area contributed by atoms with Crippen molar-refractivity contribution in [3.63, 3.8) is 0 Å². The van der Waals surface area contributed by atoms with Crippen LogP contribution in [0.3, 0.4) is 0 Å². The van der Waals surface area contributed by atoms with Crippen molar-refractivity contribution in [1.82, 2.24) is 5.32 Å². The first-order valence-electron chi connectivity index (χ1n) is 6.44. The molecule has 1 unspecified atom stereocenters. The Morgan fingerprint density at radius 3 is 2.00 bits per heavy atom. The van der Waals surface area contributed by atoms with Gasteiger partial charge < -0.3 is 10.4 Å². The summed E-state index contributed by atoms with van der Waals surface area (Å²) in [5, 5.41) is 13.4. The fraction of sp³-hybridized carbons (Fsp3) is 1.00. The number of hydrogen-bond acceptors (Lipinski definition) is 2. The molecule has 0 aromatic heterocycles. The van der Waals surface area contributed by atoms with Gasteiger partial charge in [-0.1, -0.05) is 0 Å². The average Bonchev–Trinajstić information content (AvgIpc) is 2.98. The topological polar surface area (TPSA) is 32.3 Å². The minimum absolute atomic E-state index is 0.192. The molecule has 0 aromatic carbocycles. The van der Waals surface area contributed by atoms with E-state index in [2.05, 4.69) is 12.2 Å². The highest BCUT2D eigenvalue weighted by Gasteiger charge is 2.41. The van der Waals surface area contributed by atoms with Gasteiger partial charge in [0.05, 0.1) is 5.60 Å². The molecule has 1 atom stereocenters. The Morgan fingerprint density at radius 2 is 1.67 bits per heavy atom. The molecular weight excluding hydrogens is 186 g/mol. The Bertz CT molecular complexity index is 201. The molecule has 2 heteroatoms. The van der Waals surface area contributed by atoms with Gasteiger partial charge in [-0.25, -0.2) is 0 Å². The van der Waals surface area contributed by atoms with Gasteiger partial charge >= 0.3 is 0 Å². The monoisotopic (exact) mass is 211 g/mol. The maximum absolute atomic E-state index is 9.85. The van der Waals surface area contributed by atoms with Crippen molar-refractivity contribution in [2.45, 2.75) is 58.1 Å². The molecule has 2 rings (SSSR count). The smallest absolute Gasteiger partial charge is 0.0741 e. The van der Waals surface area contributed by atoms with E-state index in [-0.39, 0.29) is 6.04 Å². The van der Waals surface area contributed by atoms with Crippen molar-refractivity contribution in [2.24, 2.45) is 17.8 Å². The van der Waals surface area contributed by atoms with Crippen molar-refractivity contribution in [1.29, 1.82) is 0 Å². The van der Waals surface area contributed by atoms with Crippen molar-refractivity contribution >= 4 is 0 Å².